The van der Waals surface area contributed by atoms with E-state index in [9.17, 15) is 18.0 Å². The zero-order chi connectivity index (χ0) is 15.9. The highest BCUT2D eigenvalue weighted by atomic mass is 35.5. The maximum atomic E-state index is 13.0. The molecule has 0 bridgehead atoms. The monoisotopic (exact) mass is 322 g/mol. The Morgan fingerprint density at radius 1 is 1.43 bits per heavy atom. The molecule has 1 aromatic rings. The molecule has 0 radical (unpaired) electrons. The second-order valence-electron chi connectivity index (χ2n) is 5.37. The van der Waals surface area contributed by atoms with E-state index in [1.807, 2.05) is 0 Å². The summed E-state index contributed by atoms with van der Waals surface area (Å²) in [7, 11) is 0. The third-order valence-electron chi connectivity index (χ3n) is 3.47. The summed E-state index contributed by atoms with van der Waals surface area (Å²) >= 11 is 5.95. The van der Waals surface area contributed by atoms with Crippen molar-refractivity contribution in [2.45, 2.75) is 38.5 Å². The summed E-state index contributed by atoms with van der Waals surface area (Å²) in [5.74, 6) is -3.19. The molecule has 0 unspecified atom stereocenters. The summed E-state index contributed by atoms with van der Waals surface area (Å²) in [6, 6.07) is 3.02. The number of fused-ring (bicyclic) bond motifs is 1. The summed E-state index contributed by atoms with van der Waals surface area (Å²) in [5, 5.41) is 9.39. The molecule has 116 valence electrons. The smallest absolute Gasteiger partial charge is 0.426 e. The van der Waals surface area contributed by atoms with Crippen LogP contribution in [0.3, 0.4) is 0 Å². The van der Waals surface area contributed by atoms with Gasteiger partial charge in [0, 0.05) is 5.02 Å². The van der Waals surface area contributed by atoms with Crippen molar-refractivity contribution in [1.29, 1.82) is 0 Å². The van der Waals surface area contributed by atoms with E-state index in [0.29, 0.717) is 16.1 Å². The Balaban J connectivity index is 2.54. The van der Waals surface area contributed by atoms with Crippen LogP contribution in [0, 0.1) is 5.92 Å². The number of hydrogen-bond acceptors (Lipinski definition) is 2. The van der Waals surface area contributed by atoms with Crippen LogP contribution in [-0.4, -0.2) is 23.4 Å². The highest BCUT2D eigenvalue weighted by Crippen LogP contribution is 2.43. The Morgan fingerprint density at radius 2 is 2.05 bits per heavy atom. The van der Waals surface area contributed by atoms with E-state index >= 15 is 0 Å². The van der Waals surface area contributed by atoms with Crippen molar-refractivity contribution in [2.24, 2.45) is 5.92 Å². The molecule has 0 aliphatic carbocycles. The largest absolute Gasteiger partial charge is 0.481 e. The number of ether oxygens (including phenoxy) is 1. The lowest BCUT2D eigenvalue weighted by molar-refractivity contribution is -0.217. The number of carbonyl (C=O) groups is 1. The fraction of sp³-hybridized carbons (Fsp3) is 0.500. The van der Waals surface area contributed by atoms with Crippen molar-refractivity contribution in [1.82, 2.24) is 0 Å². The van der Waals surface area contributed by atoms with Crippen LogP contribution in [-0.2, 0) is 11.2 Å². The molecule has 1 aromatic carbocycles. The fourth-order valence-corrected chi connectivity index (χ4v) is 2.71. The van der Waals surface area contributed by atoms with Crippen molar-refractivity contribution < 1.29 is 27.8 Å². The van der Waals surface area contributed by atoms with E-state index in [4.69, 9.17) is 21.4 Å². The van der Waals surface area contributed by atoms with Gasteiger partial charge in [-0.2, -0.15) is 13.2 Å². The molecular weight excluding hydrogens is 309 g/mol. The Morgan fingerprint density at radius 3 is 2.52 bits per heavy atom. The summed E-state index contributed by atoms with van der Waals surface area (Å²) < 4.78 is 44.2. The molecule has 0 aromatic heterocycles. The van der Waals surface area contributed by atoms with Gasteiger partial charge in [-0.05, 0) is 35.6 Å². The van der Waals surface area contributed by atoms with Gasteiger partial charge in [-0.15, -0.1) is 0 Å². The minimum absolute atomic E-state index is 0.0901. The Kier molecular flexibility index (Phi) is 4.10. The van der Waals surface area contributed by atoms with E-state index in [0.717, 1.165) is 0 Å². The highest BCUT2D eigenvalue weighted by Gasteiger charge is 2.52. The minimum Gasteiger partial charge on any atom is -0.481 e. The standard InChI is InChI=1S/C14H14ClF3O3/c1-6(2)9-5-8(15)3-7-4-10(13(19)20)12(14(16,17)18)21-11(7)9/h3,5-6,10,12H,4H2,1-2H3,(H,19,20)/t10-,12+/m1/s1. The summed E-state index contributed by atoms with van der Waals surface area (Å²) in [5.41, 5.74) is 0.953. The number of hydrogen-bond donors (Lipinski definition) is 1. The van der Waals surface area contributed by atoms with E-state index in [1.54, 1.807) is 19.9 Å². The van der Waals surface area contributed by atoms with Crippen LogP contribution in [0.15, 0.2) is 12.1 Å². The van der Waals surface area contributed by atoms with Gasteiger partial charge < -0.3 is 9.84 Å². The topological polar surface area (TPSA) is 46.5 Å². The maximum Gasteiger partial charge on any atom is 0.426 e. The van der Waals surface area contributed by atoms with E-state index in [-0.39, 0.29) is 18.1 Å². The summed E-state index contributed by atoms with van der Waals surface area (Å²) in [4.78, 5) is 11.1. The normalized spacial score (nSPS) is 21.9. The molecule has 0 saturated carbocycles. The first-order valence-corrected chi connectivity index (χ1v) is 6.77. The molecule has 2 atom stereocenters. The quantitative estimate of drug-likeness (QED) is 0.894. The van der Waals surface area contributed by atoms with Gasteiger partial charge in [0.25, 0.3) is 0 Å². The number of benzene rings is 1. The molecule has 0 saturated heterocycles. The molecule has 7 heteroatoms. The summed E-state index contributed by atoms with van der Waals surface area (Å²) in [6.07, 6.45) is -7.34. The van der Waals surface area contributed by atoms with E-state index in [2.05, 4.69) is 0 Å². The molecule has 1 aliphatic heterocycles. The molecular formula is C14H14ClF3O3. The number of carboxylic acids is 1. The third kappa shape index (κ3) is 3.10. The first-order valence-electron chi connectivity index (χ1n) is 6.39. The van der Waals surface area contributed by atoms with Crippen LogP contribution in [0.25, 0.3) is 0 Å². The zero-order valence-corrected chi connectivity index (χ0v) is 12.1. The van der Waals surface area contributed by atoms with Crippen LogP contribution in [0.2, 0.25) is 5.02 Å². The van der Waals surface area contributed by atoms with Crippen molar-refractivity contribution in [3.05, 3.63) is 28.3 Å². The third-order valence-corrected chi connectivity index (χ3v) is 3.69. The highest BCUT2D eigenvalue weighted by molar-refractivity contribution is 6.30. The molecule has 1 heterocycles. The van der Waals surface area contributed by atoms with Crippen LogP contribution >= 0.6 is 11.6 Å². The van der Waals surface area contributed by atoms with Crippen molar-refractivity contribution in [3.8, 4) is 5.75 Å². The molecule has 1 N–H and O–H groups in total. The zero-order valence-electron chi connectivity index (χ0n) is 11.4. The Hall–Kier alpha value is -1.43. The van der Waals surface area contributed by atoms with Crippen LogP contribution in [0.4, 0.5) is 13.2 Å². The average Bonchev–Trinajstić information content (AvgIpc) is 2.34. The van der Waals surface area contributed by atoms with Gasteiger partial charge in [-0.3, -0.25) is 4.79 Å². The molecule has 2 rings (SSSR count). The summed E-state index contributed by atoms with van der Waals surface area (Å²) in [6.45, 7) is 3.61. The van der Waals surface area contributed by atoms with Gasteiger partial charge in [-0.25, -0.2) is 0 Å². The van der Waals surface area contributed by atoms with E-state index < -0.39 is 24.2 Å². The Labute approximate surface area is 124 Å². The first kappa shape index (κ1) is 15.9. The van der Waals surface area contributed by atoms with Gasteiger partial charge >= 0.3 is 12.1 Å². The molecule has 1 aliphatic rings. The predicted molar refractivity (Wildman–Crippen MR) is 70.8 cm³/mol. The van der Waals surface area contributed by atoms with Crippen LogP contribution in [0.5, 0.6) is 5.75 Å². The fourth-order valence-electron chi connectivity index (χ4n) is 2.46. The van der Waals surface area contributed by atoms with Gasteiger partial charge in [0.1, 0.15) is 11.7 Å². The number of alkyl halides is 3. The first-order chi connectivity index (χ1) is 9.61. The van der Waals surface area contributed by atoms with Crippen molar-refractivity contribution in [3.63, 3.8) is 0 Å². The van der Waals surface area contributed by atoms with Crippen LogP contribution < -0.4 is 4.74 Å². The molecule has 0 fully saturated rings. The van der Waals surface area contributed by atoms with Gasteiger partial charge in [0.2, 0.25) is 6.10 Å². The van der Waals surface area contributed by atoms with Crippen molar-refractivity contribution in [2.75, 3.05) is 0 Å². The lowest BCUT2D eigenvalue weighted by atomic mass is 9.87. The lowest BCUT2D eigenvalue weighted by Gasteiger charge is -2.34. The number of carboxylic acid groups (broad SMARTS) is 1. The molecule has 0 amide bonds. The second-order valence-corrected chi connectivity index (χ2v) is 5.80. The number of rotatable bonds is 2. The number of halogens is 4. The molecule has 3 nitrogen and oxygen atoms in total. The van der Waals surface area contributed by atoms with E-state index in [1.165, 1.54) is 6.07 Å². The van der Waals surface area contributed by atoms with Gasteiger partial charge in [0.05, 0.1) is 0 Å². The minimum atomic E-state index is -4.74. The average molecular weight is 323 g/mol. The molecule has 0 spiro atoms. The maximum absolute atomic E-state index is 13.0. The lowest BCUT2D eigenvalue weighted by Crippen LogP contribution is -2.48. The Bertz CT molecular complexity index is 569. The SMILES string of the molecule is CC(C)c1cc(Cl)cc2c1O[C@H](C(F)(F)F)[C@H](C(=O)O)C2. The predicted octanol–water partition coefficient (Wildman–Crippen LogP) is 4.03. The molecule has 21 heavy (non-hydrogen) atoms. The van der Waals surface area contributed by atoms with Crippen LogP contribution in [0.1, 0.15) is 30.9 Å². The van der Waals surface area contributed by atoms with Crippen molar-refractivity contribution >= 4 is 17.6 Å². The second kappa shape index (κ2) is 5.40. The van der Waals surface area contributed by atoms with Gasteiger partial charge in [-0.1, -0.05) is 25.4 Å². The van der Waals surface area contributed by atoms with Gasteiger partial charge in [0.15, 0.2) is 0 Å². The number of aliphatic carboxylic acids is 1.